The van der Waals surface area contributed by atoms with Gasteiger partial charge in [-0.15, -0.1) is 0 Å². The molecule has 0 aliphatic carbocycles. The van der Waals surface area contributed by atoms with Crippen molar-refractivity contribution in [1.29, 1.82) is 0 Å². The summed E-state index contributed by atoms with van der Waals surface area (Å²) in [5, 5.41) is 0. The molecule has 3 heterocycles. The minimum Gasteiger partial charge on any atom is -0.459 e. The Hall–Kier alpha value is -2.93. The van der Waals surface area contributed by atoms with E-state index in [0.29, 0.717) is 37.6 Å². The molecule has 28 heavy (non-hydrogen) atoms. The summed E-state index contributed by atoms with van der Waals surface area (Å²) in [5.41, 5.74) is 2.69. The van der Waals surface area contributed by atoms with Gasteiger partial charge in [-0.3, -0.25) is 14.4 Å². The number of hydrogen-bond donors (Lipinski definition) is 1. The monoisotopic (exact) mass is 382 g/mol. The van der Waals surface area contributed by atoms with Gasteiger partial charge in [-0.05, 0) is 37.6 Å². The molecule has 1 aromatic carbocycles. The first-order valence-corrected chi connectivity index (χ1v) is 9.57. The van der Waals surface area contributed by atoms with Gasteiger partial charge < -0.3 is 14.2 Å². The van der Waals surface area contributed by atoms with Crippen molar-refractivity contribution in [1.82, 2.24) is 4.90 Å². The molecule has 0 saturated carbocycles. The summed E-state index contributed by atoms with van der Waals surface area (Å²) >= 11 is 0. The number of aryl methyl sites for hydroxylation is 2. The third kappa shape index (κ3) is 3.22. The van der Waals surface area contributed by atoms with Gasteiger partial charge in [0.15, 0.2) is 11.8 Å². The zero-order valence-electron chi connectivity index (χ0n) is 16.1. The van der Waals surface area contributed by atoms with E-state index in [0.717, 1.165) is 16.0 Å². The van der Waals surface area contributed by atoms with Crippen molar-refractivity contribution in [3.05, 3.63) is 53.5 Å². The zero-order chi connectivity index (χ0) is 19.8. The number of rotatable bonds is 3. The van der Waals surface area contributed by atoms with Gasteiger partial charge in [-0.1, -0.05) is 17.7 Å². The Bertz CT molecular complexity index is 914. The highest BCUT2D eigenvalue weighted by atomic mass is 16.3. The van der Waals surface area contributed by atoms with Gasteiger partial charge in [0.2, 0.25) is 5.91 Å². The smallest absolute Gasteiger partial charge is 0.292 e. The normalized spacial score (nSPS) is 20.9. The molecule has 2 saturated heterocycles. The highest BCUT2D eigenvalue weighted by molar-refractivity contribution is 6.22. The molecular formula is C21H24N3O4+. The lowest BCUT2D eigenvalue weighted by atomic mass is 10.1. The summed E-state index contributed by atoms with van der Waals surface area (Å²) in [4.78, 5) is 42.2. The van der Waals surface area contributed by atoms with E-state index in [-0.39, 0.29) is 30.2 Å². The number of anilines is 1. The van der Waals surface area contributed by atoms with Crippen LogP contribution in [0.4, 0.5) is 5.69 Å². The van der Waals surface area contributed by atoms with E-state index in [2.05, 4.69) is 0 Å². The molecule has 2 aliphatic heterocycles. The van der Waals surface area contributed by atoms with Gasteiger partial charge in [0.1, 0.15) is 0 Å². The van der Waals surface area contributed by atoms with Crippen LogP contribution in [-0.2, 0) is 9.59 Å². The average molecular weight is 382 g/mol. The number of piperazine rings is 1. The second kappa shape index (κ2) is 7.24. The molecule has 0 bridgehead atoms. The Morgan fingerprint density at radius 1 is 1.14 bits per heavy atom. The molecule has 0 unspecified atom stereocenters. The van der Waals surface area contributed by atoms with Crippen LogP contribution in [0.15, 0.2) is 41.0 Å². The van der Waals surface area contributed by atoms with E-state index in [1.165, 1.54) is 11.2 Å². The van der Waals surface area contributed by atoms with Crippen molar-refractivity contribution >= 4 is 23.4 Å². The minimum absolute atomic E-state index is 0.130. The van der Waals surface area contributed by atoms with Gasteiger partial charge in [-0.25, -0.2) is 4.90 Å². The third-order valence-corrected chi connectivity index (χ3v) is 5.66. The lowest BCUT2D eigenvalue weighted by Crippen LogP contribution is -3.19. The molecule has 0 radical (unpaired) electrons. The van der Waals surface area contributed by atoms with Crippen LogP contribution in [0.3, 0.4) is 0 Å². The van der Waals surface area contributed by atoms with E-state index < -0.39 is 0 Å². The lowest BCUT2D eigenvalue weighted by molar-refractivity contribution is -0.918. The summed E-state index contributed by atoms with van der Waals surface area (Å²) < 4.78 is 5.19. The highest BCUT2D eigenvalue weighted by Crippen LogP contribution is 2.26. The molecule has 1 atom stereocenters. The quantitative estimate of drug-likeness (QED) is 0.788. The summed E-state index contributed by atoms with van der Waals surface area (Å²) in [6.45, 7) is 6.25. The van der Waals surface area contributed by atoms with Gasteiger partial charge in [0.05, 0.1) is 44.6 Å². The Morgan fingerprint density at radius 2 is 1.89 bits per heavy atom. The lowest BCUT2D eigenvalue weighted by Gasteiger charge is -2.34. The van der Waals surface area contributed by atoms with E-state index in [1.807, 2.05) is 32.0 Å². The summed E-state index contributed by atoms with van der Waals surface area (Å²) in [6, 6.07) is 8.71. The fourth-order valence-electron chi connectivity index (χ4n) is 4.16. The number of nitrogens with one attached hydrogen (secondary N) is 1. The fourth-order valence-corrected chi connectivity index (χ4v) is 4.16. The Morgan fingerprint density at radius 3 is 2.54 bits per heavy atom. The number of furan rings is 1. The molecule has 7 nitrogen and oxygen atoms in total. The van der Waals surface area contributed by atoms with E-state index in [4.69, 9.17) is 4.42 Å². The molecule has 146 valence electrons. The van der Waals surface area contributed by atoms with E-state index in [9.17, 15) is 14.4 Å². The number of hydrogen-bond acceptors (Lipinski definition) is 4. The second-order valence-corrected chi connectivity index (χ2v) is 7.54. The number of nitrogens with zero attached hydrogens (tertiary/aromatic N) is 2. The first-order valence-electron chi connectivity index (χ1n) is 9.57. The Labute approximate surface area is 163 Å². The van der Waals surface area contributed by atoms with Gasteiger partial charge >= 0.3 is 0 Å². The average Bonchev–Trinajstić information content (AvgIpc) is 3.31. The van der Waals surface area contributed by atoms with Crippen molar-refractivity contribution in [3.8, 4) is 0 Å². The maximum absolute atomic E-state index is 13.0. The predicted octanol–water partition coefficient (Wildman–Crippen LogP) is 0.569. The standard InChI is InChI=1S/C21H23N3O4/c1-14-5-6-16(15(2)12-14)24-19(25)13-17(20(24)26)22-7-9-23(10-8-22)21(27)18-4-3-11-28-18/h3-6,11-12,17H,7-10,13H2,1-2H3/p+1/t17-/m0/s1. The van der Waals surface area contributed by atoms with Crippen LogP contribution in [0.1, 0.15) is 28.1 Å². The molecule has 1 aromatic heterocycles. The molecule has 4 rings (SSSR count). The van der Waals surface area contributed by atoms with Crippen molar-refractivity contribution in [2.24, 2.45) is 0 Å². The molecule has 1 N–H and O–H groups in total. The second-order valence-electron chi connectivity index (χ2n) is 7.54. The number of imide groups is 1. The van der Waals surface area contributed by atoms with Crippen LogP contribution >= 0.6 is 0 Å². The topological polar surface area (TPSA) is 75.3 Å². The third-order valence-electron chi connectivity index (χ3n) is 5.66. The number of benzene rings is 1. The number of amides is 3. The largest absolute Gasteiger partial charge is 0.459 e. The van der Waals surface area contributed by atoms with Crippen LogP contribution in [0.25, 0.3) is 0 Å². The maximum Gasteiger partial charge on any atom is 0.292 e. The molecule has 2 aromatic rings. The van der Waals surface area contributed by atoms with Crippen molar-refractivity contribution in [3.63, 3.8) is 0 Å². The highest BCUT2D eigenvalue weighted by Gasteiger charge is 2.47. The van der Waals surface area contributed by atoms with Crippen LogP contribution < -0.4 is 9.80 Å². The van der Waals surface area contributed by atoms with Gasteiger partial charge in [0.25, 0.3) is 11.8 Å². The SMILES string of the molecule is Cc1ccc(N2C(=O)C[C@H]([NH+]3CCN(C(=O)c4ccco4)CC3)C2=O)c(C)c1. The molecule has 2 aliphatic rings. The zero-order valence-corrected chi connectivity index (χ0v) is 16.1. The van der Waals surface area contributed by atoms with E-state index >= 15 is 0 Å². The molecule has 7 heteroatoms. The number of quaternary nitrogens is 1. The summed E-state index contributed by atoms with van der Waals surface area (Å²) in [6.07, 6.45) is 1.70. The van der Waals surface area contributed by atoms with Crippen LogP contribution in [-0.4, -0.2) is 54.8 Å². The molecular weight excluding hydrogens is 358 g/mol. The van der Waals surface area contributed by atoms with Crippen molar-refractivity contribution < 1.29 is 23.7 Å². The Balaban J connectivity index is 1.44. The molecule has 2 fully saturated rings. The molecule has 0 spiro atoms. The first kappa shape index (κ1) is 18.4. The fraction of sp³-hybridized carbons (Fsp3) is 0.381. The number of carbonyl (C=O) groups excluding carboxylic acids is 3. The predicted molar refractivity (Wildman–Crippen MR) is 102 cm³/mol. The number of carbonyl (C=O) groups is 3. The van der Waals surface area contributed by atoms with Crippen LogP contribution in [0, 0.1) is 13.8 Å². The van der Waals surface area contributed by atoms with Crippen molar-refractivity contribution in [2.75, 3.05) is 31.1 Å². The summed E-state index contributed by atoms with van der Waals surface area (Å²) in [5.74, 6) is -0.0901. The van der Waals surface area contributed by atoms with Gasteiger partial charge in [0, 0.05) is 0 Å². The van der Waals surface area contributed by atoms with Crippen LogP contribution in [0.2, 0.25) is 0 Å². The summed E-state index contributed by atoms with van der Waals surface area (Å²) in [7, 11) is 0. The minimum atomic E-state index is -0.380. The first-order chi connectivity index (χ1) is 13.5. The van der Waals surface area contributed by atoms with Crippen LogP contribution in [0.5, 0.6) is 0 Å². The Kier molecular flexibility index (Phi) is 4.77. The van der Waals surface area contributed by atoms with Crippen molar-refractivity contribution in [2.45, 2.75) is 26.3 Å². The van der Waals surface area contributed by atoms with E-state index in [1.54, 1.807) is 17.0 Å². The molecule has 3 amide bonds. The maximum atomic E-state index is 13.0. The van der Waals surface area contributed by atoms with Gasteiger partial charge in [-0.2, -0.15) is 0 Å².